The summed E-state index contributed by atoms with van der Waals surface area (Å²) >= 11 is 0. The van der Waals surface area contributed by atoms with Crippen molar-refractivity contribution >= 4 is 22.4 Å². The summed E-state index contributed by atoms with van der Waals surface area (Å²) < 4.78 is 11.9. The van der Waals surface area contributed by atoms with E-state index < -0.39 is 10.9 Å². The molecule has 3 aromatic carbocycles. The van der Waals surface area contributed by atoms with Crippen LogP contribution >= 0.6 is 0 Å². The second-order valence-electron chi connectivity index (χ2n) is 7.77. The van der Waals surface area contributed by atoms with Gasteiger partial charge in [-0.2, -0.15) is 0 Å². The minimum atomic E-state index is -0.484. The summed E-state index contributed by atoms with van der Waals surface area (Å²) in [6.07, 6.45) is 3.46. The third-order valence-electron chi connectivity index (χ3n) is 5.88. The lowest BCUT2D eigenvalue weighted by molar-refractivity contribution is -0.384. The van der Waals surface area contributed by atoms with Gasteiger partial charge in [-0.05, 0) is 55.2 Å². The Morgan fingerprint density at radius 3 is 2.52 bits per heavy atom. The van der Waals surface area contributed by atoms with Gasteiger partial charge in [0.05, 0.1) is 17.1 Å². The highest BCUT2D eigenvalue weighted by Gasteiger charge is 2.33. The number of hydrogen-bond donors (Lipinski definition) is 0. The molecule has 0 N–H and O–H groups in total. The summed E-state index contributed by atoms with van der Waals surface area (Å²) in [5.41, 5.74) is 1.36. The van der Waals surface area contributed by atoms with Crippen molar-refractivity contribution in [2.45, 2.75) is 44.6 Å². The van der Waals surface area contributed by atoms with E-state index in [1.165, 1.54) is 24.3 Å². The number of nitro groups is 1. The number of ether oxygens (including phenoxy) is 2. The summed E-state index contributed by atoms with van der Waals surface area (Å²) in [5, 5.41) is 13.1. The van der Waals surface area contributed by atoms with Crippen LogP contribution in [-0.4, -0.2) is 23.6 Å². The fourth-order valence-electron chi connectivity index (χ4n) is 4.43. The molecule has 0 amide bonds. The molecule has 1 aliphatic carbocycles. The van der Waals surface area contributed by atoms with Crippen molar-refractivity contribution in [2.75, 3.05) is 6.61 Å². The van der Waals surface area contributed by atoms with Gasteiger partial charge in [0.2, 0.25) is 0 Å². The van der Waals surface area contributed by atoms with Crippen LogP contribution in [0.4, 0.5) is 5.69 Å². The maximum Gasteiger partial charge on any atom is 0.338 e. The maximum atomic E-state index is 12.8. The van der Waals surface area contributed by atoms with Crippen LogP contribution in [0.1, 0.15) is 54.4 Å². The van der Waals surface area contributed by atoms with E-state index in [-0.39, 0.29) is 17.7 Å². The van der Waals surface area contributed by atoms with Gasteiger partial charge in [-0.3, -0.25) is 10.1 Å². The SMILES string of the molecule is CCOc1ccc2ccccc2c1[C@@H]1CCCC[C@@H]1OC(=O)c1ccc([N+](=O)[O-])cc1. The van der Waals surface area contributed by atoms with Crippen LogP contribution in [0.25, 0.3) is 10.8 Å². The molecule has 0 unspecified atom stereocenters. The number of hydrogen-bond acceptors (Lipinski definition) is 5. The summed E-state index contributed by atoms with van der Waals surface area (Å²) in [5.74, 6) is 0.415. The highest BCUT2D eigenvalue weighted by atomic mass is 16.6. The second-order valence-corrected chi connectivity index (χ2v) is 7.77. The van der Waals surface area contributed by atoms with Gasteiger partial charge >= 0.3 is 5.97 Å². The molecule has 0 saturated heterocycles. The van der Waals surface area contributed by atoms with Crippen LogP contribution in [0, 0.1) is 10.1 Å². The van der Waals surface area contributed by atoms with E-state index in [2.05, 4.69) is 18.2 Å². The third-order valence-corrected chi connectivity index (χ3v) is 5.88. The Hall–Kier alpha value is -3.41. The molecule has 31 heavy (non-hydrogen) atoms. The Balaban J connectivity index is 1.66. The Kier molecular flexibility index (Phi) is 6.16. The molecule has 0 spiro atoms. The molecule has 0 aliphatic heterocycles. The van der Waals surface area contributed by atoms with Crippen LogP contribution < -0.4 is 4.74 Å². The molecule has 1 fully saturated rings. The molecule has 1 aliphatic rings. The standard InChI is InChI=1S/C25H25NO5/c1-2-30-23-16-13-17-7-3-4-8-20(17)24(23)21-9-5-6-10-22(21)31-25(27)18-11-14-19(15-12-18)26(28)29/h3-4,7-8,11-16,21-22H,2,5-6,9-10H2,1H3/t21-,22+/m1/s1. The van der Waals surface area contributed by atoms with Gasteiger partial charge in [0.1, 0.15) is 11.9 Å². The molecule has 4 rings (SSSR count). The lowest BCUT2D eigenvalue weighted by atomic mass is 9.79. The first-order valence-corrected chi connectivity index (χ1v) is 10.7. The van der Waals surface area contributed by atoms with Crippen LogP contribution in [0.15, 0.2) is 60.7 Å². The van der Waals surface area contributed by atoms with E-state index in [1.54, 1.807) is 0 Å². The number of esters is 1. The molecule has 0 heterocycles. The lowest BCUT2D eigenvalue weighted by Crippen LogP contribution is -2.29. The maximum absolute atomic E-state index is 12.8. The molecule has 6 nitrogen and oxygen atoms in total. The van der Waals surface area contributed by atoms with E-state index in [0.29, 0.717) is 12.2 Å². The van der Waals surface area contributed by atoms with Crippen LogP contribution in [-0.2, 0) is 4.74 Å². The zero-order valence-corrected chi connectivity index (χ0v) is 17.5. The van der Waals surface area contributed by atoms with Crippen LogP contribution in [0.2, 0.25) is 0 Å². The Bertz CT molecular complexity index is 1090. The fourth-order valence-corrected chi connectivity index (χ4v) is 4.43. The van der Waals surface area contributed by atoms with E-state index in [9.17, 15) is 14.9 Å². The number of nitro benzene ring substituents is 1. The Morgan fingerprint density at radius 1 is 1.03 bits per heavy atom. The smallest absolute Gasteiger partial charge is 0.338 e. The lowest BCUT2D eigenvalue weighted by Gasteiger charge is -2.33. The van der Waals surface area contributed by atoms with Crippen molar-refractivity contribution in [2.24, 2.45) is 0 Å². The van der Waals surface area contributed by atoms with E-state index >= 15 is 0 Å². The number of nitrogens with zero attached hydrogens (tertiary/aromatic N) is 1. The average Bonchev–Trinajstić information content (AvgIpc) is 2.80. The first-order chi connectivity index (χ1) is 15.1. The molecule has 0 bridgehead atoms. The summed E-state index contributed by atoms with van der Waals surface area (Å²) in [4.78, 5) is 23.2. The molecule has 160 valence electrons. The predicted octanol–water partition coefficient (Wildman–Crippen LogP) is 6.03. The minimum Gasteiger partial charge on any atom is -0.494 e. The van der Waals surface area contributed by atoms with Gasteiger partial charge in [-0.15, -0.1) is 0 Å². The van der Waals surface area contributed by atoms with Gasteiger partial charge < -0.3 is 9.47 Å². The number of carbonyl (C=O) groups excluding carboxylic acids is 1. The largest absolute Gasteiger partial charge is 0.494 e. The van der Waals surface area contributed by atoms with Crippen molar-refractivity contribution in [1.82, 2.24) is 0 Å². The number of benzene rings is 3. The van der Waals surface area contributed by atoms with E-state index in [0.717, 1.165) is 47.8 Å². The van der Waals surface area contributed by atoms with Crippen molar-refractivity contribution in [3.63, 3.8) is 0 Å². The number of carbonyl (C=O) groups is 1. The van der Waals surface area contributed by atoms with Gasteiger partial charge in [-0.25, -0.2) is 4.79 Å². The first-order valence-electron chi connectivity index (χ1n) is 10.7. The number of rotatable bonds is 6. The molecular weight excluding hydrogens is 394 g/mol. The van der Waals surface area contributed by atoms with E-state index in [1.807, 2.05) is 25.1 Å². The number of non-ortho nitro benzene ring substituents is 1. The van der Waals surface area contributed by atoms with Crippen molar-refractivity contribution in [3.8, 4) is 5.75 Å². The highest BCUT2D eigenvalue weighted by Crippen LogP contribution is 2.43. The molecule has 0 radical (unpaired) electrons. The van der Waals surface area contributed by atoms with Crippen LogP contribution in [0.5, 0.6) is 5.75 Å². The minimum absolute atomic E-state index is 0.0309. The second kappa shape index (κ2) is 9.16. The summed E-state index contributed by atoms with van der Waals surface area (Å²) in [7, 11) is 0. The topological polar surface area (TPSA) is 78.7 Å². The zero-order valence-electron chi connectivity index (χ0n) is 17.5. The summed E-state index contributed by atoms with van der Waals surface area (Å²) in [6.45, 7) is 2.53. The van der Waals surface area contributed by atoms with E-state index in [4.69, 9.17) is 9.47 Å². The molecule has 0 aromatic heterocycles. The third kappa shape index (κ3) is 4.38. The molecule has 1 saturated carbocycles. The van der Waals surface area contributed by atoms with Gasteiger partial charge in [-0.1, -0.05) is 36.8 Å². The Morgan fingerprint density at radius 2 is 1.77 bits per heavy atom. The van der Waals surface area contributed by atoms with Gasteiger partial charge in [0, 0.05) is 23.6 Å². The van der Waals surface area contributed by atoms with Crippen molar-refractivity contribution in [3.05, 3.63) is 81.9 Å². The monoisotopic (exact) mass is 419 g/mol. The molecule has 3 aromatic rings. The molecule has 2 atom stereocenters. The quantitative estimate of drug-likeness (QED) is 0.277. The fraction of sp³-hybridized carbons (Fsp3) is 0.320. The highest BCUT2D eigenvalue weighted by molar-refractivity contribution is 5.90. The van der Waals surface area contributed by atoms with Gasteiger partial charge in [0.25, 0.3) is 5.69 Å². The molecule has 6 heteroatoms. The zero-order chi connectivity index (χ0) is 21.8. The van der Waals surface area contributed by atoms with Gasteiger partial charge in [0.15, 0.2) is 0 Å². The van der Waals surface area contributed by atoms with Crippen LogP contribution in [0.3, 0.4) is 0 Å². The average molecular weight is 419 g/mol. The van der Waals surface area contributed by atoms with Crippen molar-refractivity contribution in [1.29, 1.82) is 0 Å². The first kappa shape index (κ1) is 20.8. The number of fused-ring (bicyclic) bond motifs is 1. The predicted molar refractivity (Wildman–Crippen MR) is 119 cm³/mol. The van der Waals surface area contributed by atoms with Crippen molar-refractivity contribution < 1.29 is 19.2 Å². The Labute approximate surface area is 180 Å². The normalized spacial score (nSPS) is 18.5. The molecular formula is C25H25NO5. The summed E-state index contributed by atoms with van der Waals surface area (Å²) in [6, 6.07) is 17.8.